The summed E-state index contributed by atoms with van der Waals surface area (Å²) >= 11 is 6.07. The fourth-order valence-corrected chi connectivity index (χ4v) is 4.26. The monoisotopic (exact) mass is 474 g/mol. The predicted molar refractivity (Wildman–Crippen MR) is 131 cm³/mol. The summed E-state index contributed by atoms with van der Waals surface area (Å²) in [4.78, 5) is 25.6. The second kappa shape index (κ2) is 12.3. The topological polar surface area (TPSA) is 78.8 Å². The van der Waals surface area contributed by atoms with Crippen molar-refractivity contribution in [2.24, 2.45) is 0 Å². The Kier molecular flexibility index (Phi) is 9.47. The largest absolute Gasteiger partial charge is 0.463 e. The zero-order valence-corrected chi connectivity index (χ0v) is 20.6. The minimum Gasteiger partial charge on any atom is -0.463 e. The van der Waals surface area contributed by atoms with Gasteiger partial charge in [-0.2, -0.15) is 0 Å². The molecule has 0 saturated carbocycles. The summed E-state index contributed by atoms with van der Waals surface area (Å²) in [6.45, 7) is 9.80. The number of carbonyl (C=O) groups excluding carboxylic acids is 1. The first kappa shape index (κ1) is 25.4. The lowest BCUT2D eigenvalue weighted by Crippen LogP contribution is -2.49. The molecule has 8 heteroatoms. The molecule has 0 amide bonds. The van der Waals surface area contributed by atoms with Crippen LogP contribution in [0.2, 0.25) is 5.02 Å². The fourth-order valence-electron chi connectivity index (χ4n) is 4.14. The molecule has 0 radical (unpaired) electrons. The standard InChI is InChI=1S/C25H35ClN4O3/c1-4-6-24(32)33-17-21(31)16-29-11-13-30(14-12-29)25-22(23(5-2)27-18(3)28-25)15-19-7-9-20(26)10-8-19/h7-10,21,31H,4-6,11-17H2,1-3H3/t21-/m0/s1. The average Bonchev–Trinajstić information content (AvgIpc) is 2.80. The second-order valence-corrected chi connectivity index (χ2v) is 8.99. The molecule has 2 heterocycles. The lowest BCUT2D eigenvalue weighted by atomic mass is 10.0. The summed E-state index contributed by atoms with van der Waals surface area (Å²) in [7, 11) is 0. The maximum atomic E-state index is 11.5. The number of aromatic nitrogens is 2. The van der Waals surface area contributed by atoms with Crippen molar-refractivity contribution in [1.82, 2.24) is 14.9 Å². The molecule has 1 aliphatic heterocycles. The van der Waals surface area contributed by atoms with Crippen LogP contribution in [0, 0.1) is 6.92 Å². The Labute approximate surface area is 201 Å². The average molecular weight is 475 g/mol. The maximum absolute atomic E-state index is 11.5. The van der Waals surface area contributed by atoms with Gasteiger partial charge in [-0.1, -0.05) is 37.6 Å². The van der Waals surface area contributed by atoms with Gasteiger partial charge in [-0.25, -0.2) is 9.97 Å². The first-order valence-corrected chi connectivity index (χ1v) is 12.2. The van der Waals surface area contributed by atoms with E-state index in [2.05, 4.69) is 28.9 Å². The molecule has 180 valence electrons. The van der Waals surface area contributed by atoms with Crippen LogP contribution in [0.15, 0.2) is 24.3 Å². The zero-order valence-electron chi connectivity index (χ0n) is 19.9. The van der Waals surface area contributed by atoms with Gasteiger partial charge in [0, 0.05) is 61.8 Å². The molecule has 33 heavy (non-hydrogen) atoms. The van der Waals surface area contributed by atoms with Gasteiger partial charge >= 0.3 is 5.97 Å². The zero-order chi connectivity index (χ0) is 23.8. The third-order valence-corrected chi connectivity index (χ3v) is 6.10. The molecule has 1 aliphatic rings. The van der Waals surface area contributed by atoms with Gasteiger partial charge in [-0.05, 0) is 37.5 Å². The highest BCUT2D eigenvalue weighted by atomic mass is 35.5. The summed E-state index contributed by atoms with van der Waals surface area (Å²) in [6, 6.07) is 7.94. The summed E-state index contributed by atoms with van der Waals surface area (Å²) in [5.74, 6) is 1.54. The molecule has 3 rings (SSSR count). The van der Waals surface area contributed by atoms with Gasteiger partial charge in [0.15, 0.2) is 0 Å². The van der Waals surface area contributed by atoms with Crippen molar-refractivity contribution in [2.45, 2.75) is 52.6 Å². The van der Waals surface area contributed by atoms with Gasteiger partial charge in [0.25, 0.3) is 0 Å². The van der Waals surface area contributed by atoms with Crippen LogP contribution in [0.5, 0.6) is 0 Å². The van der Waals surface area contributed by atoms with Crippen LogP contribution in [0.1, 0.15) is 49.3 Å². The Morgan fingerprint density at radius 2 is 1.85 bits per heavy atom. The summed E-state index contributed by atoms with van der Waals surface area (Å²) < 4.78 is 5.14. The van der Waals surface area contributed by atoms with Gasteiger partial charge in [0.1, 0.15) is 24.4 Å². The van der Waals surface area contributed by atoms with Crippen molar-refractivity contribution in [3.8, 4) is 0 Å². The number of nitrogens with zero attached hydrogens (tertiary/aromatic N) is 4. The number of ether oxygens (including phenoxy) is 1. The third-order valence-electron chi connectivity index (χ3n) is 5.84. The second-order valence-electron chi connectivity index (χ2n) is 8.55. The van der Waals surface area contributed by atoms with Crippen LogP contribution in [0.25, 0.3) is 0 Å². The van der Waals surface area contributed by atoms with E-state index >= 15 is 0 Å². The fraction of sp³-hybridized carbons (Fsp3) is 0.560. The minimum absolute atomic E-state index is 0.0508. The molecule has 0 bridgehead atoms. The molecule has 2 aromatic rings. The Balaban J connectivity index is 1.65. The van der Waals surface area contributed by atoms with Crippen molar-refractivity contribution < 1.29 is 14.6 Å². The lowest BCUT2D eigenvalue weighted by molar-refractivity contribution is -0.147. The first-order valence-electron chi connectivity index (χ1n) is 11.8. The van der Waals surface area contributed by atoms with Crippen LogP contribution in [-0.2, 0) is 22.4 Å². The molecule has 1 N–H and O–H groups in total. The number of esters is 1. The SMILES string of the molecule is CCCC(=O)OC[C@@H](O)CN1CCN(c2nc(C)nc(CC)c2Cc2ccc(Cl)cc2)CC1. The number of hydrogen-bond donors (Lipinski definition) is 1. The number of piperazine rings is 1. The lowest BCUT2D eigenvalue weighted by Gasteiger charge is -2.37. The number of carbonyl (C=O) groups is 1. The quantitative estimate of drug-likeness (QED) is 0.528. The Bertz CT molecular complexity index is 915. The van der Waals surface area contributed by atoms with Crippen LogP contribution in [-0.4, -0.2) is 71.4 Å². The van der Waals surface area contributed by atoms with E-state index in [1.807, 2.05) is 26.0 Å². The van der Waals surface area contributed by atoms with Crippen LogP contribution < -0.4 is 4.90 Å². The molecule has 0 aliphatic carbocycles. The number of halogens is 1. The highest BCUT2D eigenvalue weighted by Gasteiger charge is 2.24. The Morgan fingerprint density at radius 3 is 2.48 bits per heavy atom. The van der Waals surface area contributed by atoms with Crippen molar-refractivity contribution in [3.05, 3.63) is 51.9 Å². The van der Waals surface area contributed by atoms with E-state index in [4.69, 9.17) is 26.3 Å². The number of anilines is 1. The maximum Gasteiger partial charge on any atom is 0.305 e. The number of hydrogen-bond acceptors (Lipinski definition) is 7. The van der Waals surface area contributed by atoms with E-state index in [9.17, 15) is 9.90 Å². The van der Waals surface area contributed by atoms with Gasteiger partial charge in [-0.3, -0.25) is 9.69 Å². The van der Waals surface area contributed by atoms with Gasteiger partial charge < -0.3 is 14.7 Å². The number of aliphatic hydroxyl groups is 1. The van der Waals surface area contributed by atoms with E-state index in [0.29, 0.717) is 13.0 Å². The van der Waals surface area contributed by atoms with Crippen molar-refractivity contribution >= 4 is 23.4 Å². The van der Waals surface area contributed by atoms with Gasteiger partial charge in [-0.15, -0.1) is 0 Å². The first-order chi connectivity index (χ1) is 15.9. The molecule has 1 aromatic carbocycles. The smallest absolute Gasteiger partial charge is 0.305 e. The summed E-state index contributed by atoms with van der Waals surface area (Å²) in [5, 5.41) is 11.0. The van der Waals surface area contributed by atoms with Gasteiger partial charge in [0.2, 0.25) is 0 Å². The number of β-amino-alcohol motifs (C(OH)–C–C–N with tert-alkyl or cyclic N) is 1. The number of benzene rings is 1. The minimum atomic E-state index is -0.675. The number of aliphatic hydroxyl groups excluding tert-OH is 1. The van der Waals surface area contributed by atoms with Crippen molar-refractivity contribution in [3.63, 3.8) is 0 Å². The van der Waals surface area contributed by atoms with E-state index in [1.165, 1.54) is 11.1 Å². The molecule has 0 spiro atoms. The van der Waals surface area contributed by atoms with E-state index in [0.717, 1.165) is 67.8 Å². The van der Waals surface area contributed by atoms with Crippen molar-refractivity contribution in [2.75, 3.05) is 44.2 Å². The highest BCUT2D eigenvalue weighted by Crippen LogP contribution is 2.26. The Hall–Kier alpha value is -2.22. The van der Waals surface area contributed by atoms with E-state index in [1.54, 1.807) is 0 Å². The third kappa shape index (κ3) is 7.39. The summed E-state index contributed by atoms with van der Waals surface area (Å²) in [6.07, 6.45) is 2.08. The van der Waals surface area contributed by atoms with Crippen LogP contribution in [0.3, 0.4) is 0 Å². The summed E-state index contributed by atoms with van der Waals surface area (Å²) in [5.41, 5.74) is 3.43. The van der Waals surface area contributed by atoms with Crippen LogP contribution in [0.4, 0.5) is 5.82 Å². The van der Waals surface area contributed by atoms with Gasteiger partial charge in [0.05, 0.1) is 0 Å². The van der Waals surface area contributed by atoms with Crippen LogP contribution >= 0.6 is 11.6 Å². The molecule has 1 saturated heterocycles. The normalized spacial score (nSPS) is 15.5. The number of aryl methyl sites for hydroxylation is 2. The molecular weight excluding hydrogens is 440 g/mol. The van der Waals surface area contributed by atoms with E-state index < -0.39 is 6.10 Å². The molecular formula is C25H35ClN4O3. The van der Waals surface area contributed by atoms with E-state index in [-0.39, 0.29) is 12.6 Å². The molecule has 7 nitrogen and oxygen atoms in total. The Morgan fingerprint density at radius 1 is 1.15 bits per heavy atom. The number of rotatable bonds is 10. The highest BCUT2D eigenvalue weighted by molar-refractivity contribution is 6.30. The molecule has 1 aromatic heterocycles. The van der Waals surface area contributed by atoms with Crippen molar-refractivity contribution in [1.29, 1.82) is 0 Å². The molecule has 1 atom stereocenters. The molecule has 0 unspecified atom stereocenters. The predicted octanol–water partition coefficient (Wildman–Crippen LogP) is 3.42. The molecule has 1 fully saturated rings.